The minimum absolute atomic E-state index is 0.0556. The topological polar surface area (TPSA) is 46.2 Å². The molecule has 0 amide bonds. The second kappa shape index (κ2) is 4.58. The summed E-state index contributed by atoms with van der Waals surface area (Å²) in [5.41, 5.74) is 4.30. The fourth-order valence-corrected chi connectivity index (χ4v) is 1.29. The zero-order chi connectivity index (χ0) is 13.4. The summed E-state index contributed by atoms with van der Waals surface area (Å²) in [6.07, 6.45) is -7.94. The van der Waals surface area contributed by atoms with E-state index in [2.05, 4.69) is 0 Å². The van der Waals surface area contributed by atoms with Crippen LogP contribution in [0.3, 0.4) is 0 Å². The zero-order valence-corrected chi connectivity index (χ0v) is 8.72. The highest BCUT2D eigenvalue weighted by Crippen LogP contribution is 2.30. The summed E-state index contributed by atoms with van der Waals surface area (Å²) in [7, 11) is 0. The summed E-state index contributed by atoms with van der Waals surface area (Å²) >= 11 is 0. The van der Waals surface area contributed by atoms with E-state index < -0.39 is 35.5 Å². The number of aliphatic hydroxyl groups excluding tert-OH is 1. The molecule has 0 fully saturated rings. The first-order chi connectivity index (χ1) is 7.66. The molecule has 7 heteroatoms. The molecule has 0 heterocycles. The van der Waals surface area contributed by atoms with Gasteiger partial charge < -0.3 is 10.8 Å². The summed E-state index contributed by atoms with van der Waals surface area (Å²) in [6, 6.07) is -0.0468. The lowest BCUT2D eigenvalue weighted by Crippen LogP contribution is -2.39. The van der Waals surface area contributed by atoms with Gasteiger partial charge in [-0.05, 0) is 12.5 Å². The van der Waals surface area contributed by atoms with Crippen molar-refractivity contribution in [3.63, 3.8) is 0 Å². The summed E-state index contributed by atoms with van der Waals surface area (Å²) in [5.74, 6) is -2.74. The number of aliphatic hydroxyl groups is 1. The first-order valence-electron chi connectivity index (χ1n) is 4.61. The molecule has 1 aromatic carbocycles. The normalized spacial score (nSPS) is 15.8. The molecular weight excluding hydrogens is 245 g/mol. The Labute approximate surface area is 93.9 Å². The average Bonchev–Trinajstić information content (AvgIpc) is 2.23. The molecule has 17 heavy (non-hydrogen) atoms. The van der Waals surface area contributed by atoms with Crippen LogP contribution in [0.5, 0.6) is 0 Å². The fraction of sp³-hybridized carbons (Fsp3) is 0.400. The number of hydrogen-bond donors (Lipinski definition) is 2. The lowest BCUT2D eigenvalue weighted by molar-refractivity contribution is -0.210. The molecule has 0 saturated carbocycles. The van der Waals surface area contributed by atoms with Gasteiger partial charge in [0.15, 0.2) is 17.7 Å². The molecule has 0 radical (unpaired) electrons. The van der Waals surface area contributed by atoms with Crippen LogP contribution in [0.4, 0.5) is 22.0 Å². The molecule has 1 rings (SSSR count). The van der Waals surface area contributed by atoms with Gasteiger partial charge in [0.05, 0.1) is 6.04 Å². The third-order valence-corrected chi connectivity index (χ3v) is 2.34. The van der Waals surface area contributed by atoms with E-state index >= 15 is 0 Å². The van der Waals surface area contributed by atoms with E-state index in [9.17, 15) is 22.0 Å². The summed E-state index contributed by atoms with van der Waals surface area (Å²) in [5, 5.41) is 8.85. The summed E-state index contributed by atoms with van der Waals surface area (Å²) < 4.78 is 62.9. The monoisotopic (exact) mass is 255 g/mol. The van der Waals surface area contributed by atoms with Crippen molar-refractivity contribution in [3.05, 3.63) is 34.9 Å². The smallest absolute Gasteiger partial charge is 0.382 e. The molecule has 0 saturated heterocycles. The van der Waals surface area contributed by atoms with Crippen LogP contribution in [-0.2, 0) is 0 Å². The van der Waals surface area contributed by atoms with Gasteiger partial charge in [0.25, 0.3) is 0 Å². The number of halogens is 5. The predicted molar refractivity (Wildman–Crippen MR) is 50.1 cm³/mol. The molecule has 0 aliphatic heterocycles. The van der Waals surface area contributed by atoms with E-state index in [0.29, 0.717) is 0 Å². The first kappa shape index (κ1) is 13.9. The van der Waals surface area contributed by atoms with E-state index in [-0.39, 0.29) is 5.56 Å². The van der Waals surface area contributed by atoms with Gasteiger partial charge >= 0.3 is 6.18 Å². The highest BCUT2D eigenvalue weighted by atomic mass is 19.4. The van der Waals surface area contributed by atoms with Crippen molar-refractivity contribution in [1.29, 1.82) is 0 Å². The Bertz CT molecular complexity index is 418. The molecular formula is C10H10F5NO. The number of nitrogens with two attached hydrogens (primary N) is 1. The van der Waals surface area contributed by atoms with Gasteiger partial charge in [0.1, 0.15) is 0 Å². The Morgan fingerprint density at radius 3 is 2.18 bits per heavy atom. The minimum Gasteiger partial charge on any atom is -0.382 e. The van der Waals surface area contributed by atoms with E-state index in [1.807, 2.05) is 0 Å². The Hall–Kier alpha value is -1.21. The first-order valence-corrected chi connectivity index (χ1v) is 4.61. The molecule has 96 valence electrons. The maximum atomic E-state index is 13.3. The van der Waals surface area contributed by atoms with E-state index in [1.54, 1.807) is 0 Å². The van der Waals surface area contributed by atoms with Crippen LogP contribution >= 0.6 is 0 Å². The van der Waals surface area contributed by atoms with Gasteiger partial charge in [-0.3, -0.25) is 0 Å². The molecule has 3 N–H and O–H groups in total. The number of aryl methyl sites for hydroxylation is 1. The Morgan fingerprint density at radius 2 is 1.71 bits per heavy atom. The zero-order valence-electron chi connectivity index (χ0n) is 8.72. The second-order valence-corrected chi connectivity index (χ2v) is 3.61. The van der Waals surface area contributed by atoms with Gasteiger partial charge in [-0.15, -0.1) is 0 Å². The van der Waals surface area contributed by atoms with Gasteiger partial charge in [0.2, 0.25) is 0 Å². The highest BCUT2D eigenvalue weighted by molar-refractivity contribution is 5.28. The van der Waals surface area contributed by atoms with E-state index in [4.69, 9.17) is 10.8 Å². The van der Waals surface area contributed by atoms with Crippen molar-refractivity contribution in [1.82, 2.24) is 0 Å². The third kappa shape index (κ3) is 2.73. The molecule has 0 bridgehead atoms. The molecule has 2 atom stereocenters. The number of benzene rings is 1. The van der Waals surface area contributed by atoms with Crippen molar-refractivity contribution in [2.24, 2.45) is 5.73 Å². The second-order valence-electron chi connectivity index (χ2n) is 3.61. The maximum absolute atomic E-state index is 13.3. The van der Waals surface area contributed by atoms with Crippen LogP contribution in [0.15, 0.2) is 12.1 Å². The Kier molecular flexibility index (Phi) is 3.73. The maximum Gasteiger partial charge on any atom is 0.416 e. The lowest BCUT2D eigenvalue weighted by atomic mass is 9.99. The summed E-state index contributed by atoms with van der Waals surface area (Å²) in [6.45, 7) is 1.26. The standard InChI is InChI=1S/C10H10F5NO/c1-4-2-3-5(7(12)6(4)11)8(16)9(17)10(13,14)15/h2-3,8-9,17H,16H2,1H3/t8-,9-/m0/s1. The number of alkyl halides is 3. The van der Waals surface area contributed by atoms with Crippen LogP contribution < -0.4 is 5.73 Å². The van der Waals surface area contributed by atoms with Crippen LogP contribution in [-0.4, -0.2) is 17.4 Å². The lowest BCUT2D eigenvalue weighted by Gasteiger charge is -2.22. The van der Waals surface area contributed by atoms with Crippen molar-refractivity contribution >= 4 is 0 Å². The Morgan fingerprint density at radius 1 is 1.18 bits per heavy atom. The number of hydrogen-bond acceptors (Lipinski definition) is 2. The molecule has 0 unspecified atom stereocenters. The summed E-state index contributed by atoms with van der Waals surface area (Å²) in [4.78, 5) is 0. The molecule has 0 aromatic heterocycles. The van der Waals surface area contributed by atoms with Crippen molar-refractivity contribution < 1.29 is 27.1 Å². The molecule has 2 nitrogen and oxygen atoms in total. The molecule has 0 aliphatic carbocycles. The largest absolute Gasteiger partial charge is 0.416 e. The molecule has 0 aliphatic rings. The Balaban J connectivity index is 3.14. The van der Waals surface area contributed by atoms with Crippen molar-refractivity contribution in [3.8, 4) is 0 Å². The molecule has 0 spiro atoms. The van der Waals surface area contributed by atoms with Gasteiger partial charge in [-0.2, -0.15) is 13.2 Å². The van der Waals surface area contributed by atoms with Crippen LogP contribution in [0.2, 0.25) is 0 Å². The highest BCUT2D eigenvalue weighted by Gasteiger charge is 2.43. The van der Waals surface area contributed by atoms with Gasteiger partial charge in [-0.1, -0.05) is 12.1 Å². The average molecular weight is 255 g/mol. The fourth-order valence-electron chi connectivity index (χ4n) is 1.29. The van der Waals surface area contributed by atoms with Crippen LogP contribution in [0.25, 0.3) is 0 Å². The van der Waals surface area contributed by atoms with E-state index in [1.165, 1.54) is 6.92 Å². The van der Waals surface area contributed by atoms with Crippen LogP contribution in [0, 0.1) is 18.6 Å². The van der Waals surface area contributed by atoms with Crippen LogP contribution in [0.1, 0.15) is 17.2 Å². The van der Waals surface area contributed by atoms with Crippen molar-refractivity contribution in [2.45, 2.75) is 25.2 Å². The van der Waals surface area contributed by atoms with Crippen molar-refractivity contribution in [2.75, 3.05) is 0 Å². The predicted octanol–water partition coefficient (Wildman–Crippen LogP) is 2.20. The van der Waals surface area contributed by atoms with Gasteiger partial charge in [0, 0.05) is 5.56 Å². The number of rotatable bonds is 2. The van der Waals surface area contributed by atoms with E-state index in [0.717, 1.165) is 12.1 Å². The quantitative estimate of drug-likeness (QED) is 0.796. The minimum atomic E-state index is -4.99. The SMILES string of the molecule is Cc1ccc([C@H](N)[C@H](O)C(F)(F)F)c(F)c1F. The van der Waals surface area contributed by atoms with Gasteiger partial charge in [-0.25, -0.2) is 8.78 Å². The molecule has 1 aromatic rings. The third-order valence-electron chi connectivity index (χ3n) is 2.34.